The van der Waals surface area contributed by atoms with Gasteiger partial charge < -0.3 is 19.7 Å². The van der Waals surface area contributed by atoms with Crippen molar-refractivity contribution in [1.29, 1.82) is 0 Å². The minimum atomic E-state index is -0.377. The normalized spacial score (nSPS) is 15.3. The van der Waals surface area contributed by atoms with Crippen LogP contribution in [0.1, 0.15) is 12.5 Å². The number of amides is 1. The number of ether oxygens (including phenoxy) is 2. The van der Waals surface area contributed by atoms with E-state index in [1.807, 2.05) is 6.92 Å². The van der Waals surface area contributed by atoms with Gasteiger partial charge in [0, 0.05) is 18.8 Å². The topological polar surface area (TPSA) is 50.8 Å². The molecule has 1 fully saturated rings. The molecule has 3 rings (SSSR count). The fourth-order valence-corrected chi connectivity index (χ4v) is 3.10. The maximum absolute atomic E-state index is 13.2. The van der Waals surface area contributed by atoms with Crippen molar-refractivity contribution in [1.82, 2.24) is 4.90 Å². The zero-order valence-corrected chi connectivity index (χ0v) is 15.8. The van der Waals surface area contributed by atoms with Gasteiger partial charge >= 0.3 is 0 Å². The predicted octanol–water partition coefficient (Wildman–Crippen LogP) is 3.72. The van der Waals surface area contributed by atoms with Gasteiger partial charge in [0.2, 0.25) is 5.91 Å². The number of hydrogen-bond acceptors (Lipinski definition) is 4. The second-order valence-electron chi connectivity index (χ2n) is 6.37. The first-order valence-electron chi connectivity index (χ1n) is 8.83. The minimum absolute atomic E-state index is 0.0286. The van der Waals surface area contributed by atoms with Crippen LogP contribution in [-0.4, -0.2) is 43.2 Å². The lowest BCUT2D eigenvalue weighted by Gasteiger charge is -2.29. The second-order valence-corrected chi connectivity index (χ2v) is 6.77. The third-order valence-corrected chi connectivity index (χ3v) is 4.59. The molecule has 0 aliphatic carbocycles. The Hall–Kier alpha value is -2.31. The molecule has 1 aliphatic rings. The van der Waals surface area contributed by atoms with Gasteiger partial charge in [-0.1, -0.05) is 23.7 Å². The highest BCUT2D eigenvalue weighted by atomic mass is 35.5. The molecule has 0 unspecified atom stereocenters. The van der Waals surface area contributed by atoms with Crippen molar-refractivity contribution >= 4 is 23.2 Å². The van der Waals surface area contributed by atoms with Gasteiger partial charge in [-0.25, -0.2) is 4.39 Å². The summed E-state index contributed by atoms with van der Waals surface area (Å²) in [6, 6.07) is 11.1. The lowest BCUT2D eigenvalue weighted by Crippen LogP contribution is -2.46. The number of anilines is 1. The Morgan fingerprint density at radius 2 is 2.07 bits per heavy atom. The largest absolute Gasteiger partial charge is 0.487 e. The van der Waals surface area contributed by atoms with Crippen LogP contribution in [0.5, 0.6) is 5.75 Å². The minimum Gasteiger partial charge on any atom is -0.487 e. The summed E-state index contributed by atoms with van der Waals surface area (Å²) in [6.45, 7) is 4.40. The number of rotatable bonds is 6. The summed E-state index contributed by atoms with van der Waals surface area (Å²) >= 11 is 6.29. The molecule has 1 atom stereocenters. The first kappa shape index (κ1) is 19.5. The molecular weight excluding hydrogens is 371 g/mol. The van der Waals surface area contributed by atoms with Crippen molar-refractivity contribution in [3.8, 4) is 5.75 Å². The molecule has 27 heavy (non-hydrogen) atoms. The van der Waals surface area contributed by atoms with Gasteiger partial charge in [0.25, 0.3) is 0 Å². The maximum atomic E-state index is 13.2. The number of nitrogens with zero attached hydrogens (tertiary/aromatic N) is 1. The van der Waals surface area contributed by atoms with Crippen LogP contribution in [0, 0.1) is 5.82 Å². The first-order valence-corrected chi connectivity index (χ1v) is 9.20. The Kier molecular flexibility index (Phi) is 6.53. The quantitative estimate of drug-likeness (QED) is 0.814. The number of carbonyl (C=O) groups is 1. The summed E-state index contributed by atoms with van der Waals surface area (Å²) in [5, 5.41) is 3.59. The smallest absolute Gasteiger partial charge is 0.244 e. The molecule has 144 valence electrons. The highest BCUT2D eigenvalue weighted by Gasteiger charge is 2.22. The zero-order chi connectivity index (χ0) is 19.2. The molecule has 1 amide bonds. The fourth-order valence-electron chi connectivity index (χ4n) is 2.86. The molecule has 1 saturated heterocycles. The van der Waals surface area contributed by atoms with E-state index in [9.17, 15) is 9.18 Å². The summed E-state index contributed by atoms with van der Waals surface area (Å²) in [4.78, 5) is 14.3. The van der Waals surface area contributed by atoms with E-state index < -0.39 is 0 Å². The second kappa shape index (κ2) is 9.06. The van der Waals surface area contributed by atoms with Gasteiger partial charge in [-0.15, -0.1) is 0 Å². The average Bonchev–Trinajstić information content (AvgIpc) is 2.67. The monoisotopic (exact) mass is 392 g/mol. The molecular formula is C20H22ClFN2O3. The standard InChI is InChI=1S/C20H22ClFN2O3/c1-14(20(25)24-7-9-26-10-8-24)23-17-5-6-19(18(21)12-17)27-13-15-3-2-4-16(22)11-15/h2-6,11-12,14,23H,7-10,13H2,1H3/t14-/m1/s1. The van der Waals surface area contributed by atoms with Gasteiger partial charge in [-0.2, -0.15) is 0 Å². The molecule has 2 aromatic carbocycles. The third-order valence-electron chi connectivity index (χ3n) is 4.29. The molecule has 0 bridgehead atoms. The molecule has 2 aromatic rings. The van der Waals surface area contributed by atoms with E-state index >= 15 is 0 Å². The Bertz CT molecular complexity index is 797. The number of carbonyl (C=O) groups excluding carboxylic acids is 1. The van der Waals surface area contributed by atoms with Gasteiger partial charge in [0.1, 0.15) is 24.2 Å². The molecule has 0 saturated carbocycles. The van der Waals surface area contributed by atoms with E-state index in [1.165, 1.54) is 12.1 Å². The lowest BCUT2D eigenvalue weighted by molar-refractivity contribution is -0.135. The fraction of sp³-hybridized carbons (Fsp3) is 0.350. The van der Waals surface area contributed by atoms with Gasteiger partial charge in [-0.05, 0) is 42.8 Å². The Labute approximate surface area is 163 Å². The first-order chi connectivity index (χ1) is 13.0. The summed E-state index contributed by atoms with van der Waals surface area (Å²) in [5.74, 6) is 0.222. The SMILES string of the molecule is C[C@@H](Nc1ccc(OCc2cccc(F)c2)c(Cl)c1)C(=O)N1CCOCC1. The van der Waals surface area contributed by atoms with Crippen LogP contribution in [0.25, 0.3) is 0 Å². The summed E-state index contributed by atoms with van der Waals surface area (Å²) in [5.41, 5.74) is 1.45. The van der Waals surface area contributed by atoms with Crippen molar-refractivity contribution in [3.05, 3.63) is 58.9 Å². The highest BCUT2D eigenvalue weighted by Crippen LogP contribution is 2.29. The molecule has 0 aromatic heterocycles. The van der Waals surface area contributed by atoms with Gasteiger partial charge in [-0.3, -0.25) is 4.79 Å². The van der Waals surface area contributed by atoms with Gasteiger partial charge in [0.15, 0.2) is 0 Å². The van der Waals surface area contributed by atoms with E-state index in [-0.39, 0.29) is 24.4 Å². The van der Waals surface area contributed by atoms with Crippen LogP contribution in [0.3, 0.4) is 0 Å². The summed E-state index contributed by atoms with van der Waals surface area (Å²) in [7, 11) is 0. The summed E-state index contributed by atoms with van der Waals surface area (Å²) < 4.78 is 24.2. The van der Waals surface area contributed by atoms with Crippen LogP contribution >= 0.6 is 11.6 Å². The molecule has 0 radical (unpaired) electrons. The maximum Gasteiger partial charge on any atom is 0.244 e. The third kappa shape index (κ3) is 5.34. The summed E-state index contributed by atoms with van der Waals surface area (Å²) in [6.07, 6.45) is 0. The van der Waals surface area contributed by atoms with Crippen LogP contribution in [0.15, 0.2) is 42.5 Å². The number of benzene rings is 2. The average molecular weight is 393 g/mol. The van der Waals surface area contributed by atoms with Crippen molar-refractivity contribution in [2.75, 3.05) is 31.6 Å². The van der Waals surface area contributed by atoms with Crippen molar-refractivity contribution in [2.24, 2.45) is 0 Å². The van der Waals surface area contributed by atoms with Crippen LogP contribution in [-0.2, 0) is 16.1 Å². The number of nitrogens with one attached hydrogen (secondary N) is 1. The van der Waals surface area contributed by atoms with E-state index in [4.69, 9.17) is 21.1 Å². The molecule has 5 nitrogen and oxygen atoms in total. The zero-order valence-electron chi connectivity index (χ0n) is 15.1. The molecule has 1 aliphatic heterocycles. The molecule has 1 N–H and O–H groups in total. The molecule has 0 spiro atoms. The Morgan fingerprint density at radius 3 is 2.78 bits per heavy atom. The van der Waals surface area contributed by atoms with Crippen LogP contribution < -0.4 is 10.1 Å². The van der Waals surface area contributed by atoms with Crippen molar-refractivity contribution < 1.29 is 18.7 Å². The predicted molar refractivity (Wildman–Crippen MR) is 103 cm³/mol. The molecule has 7 heteroatoms. The van der Waals surface area contributed by atoms with Crippen molar-refractivity contribution in [2.45, 2.75) is 19.6 Å². The Balaban J connectivity index is 1.58. The Morgan fingerprint density at radius 1 is 1.30 bits per heavy atom. The van der Waals surface area contributed by atoms with E-state index in [0.29, 0.717) is 37.1 Å². The van der Waals surface area contributed by atoms with E-state index in [0.717, 1.165) is 11.3 Å². The number of hydrogen-bond donors (Lipinski definition) is 1. The van der Waals surface area contributed by atoms with Gasteiger partial charge in [0.05, 0.1) is 18.2 Å². The molecule has 1 heterocycles. The lowest BCUT2D eigenvalue weighted by atomic mass is 10.2. The number of morpholine rings is 1. The van der Waals surface area contributed by atoms with E-state index in [1.54, 1.807) is 35.2 Å². The number of halogens is 2. The van der Waals surface area contributed by atoms with E-state index in [2.05, 4.69) is 5.32 Å². The van der Waals surface area contributed by atoms with Crippen LogP contribution in [0.4, 0.5) is 10.1 Å². The highest BCUT2D eigenvalue weighted by molar-refractivity contribution is 6.32. The van der Waals surface area contributed by atoms with Crippen molar-refractivity contribution in [3.63, 3.8) is 0 Å². The van der Waals surface area contributed by atoms with Crippen LogP contribution in [0.2, 0.25) is 5.02 Å².